The second-order valence-corrected chi connectivity index (χ2v) is 9.80. The summed E-state index contributed by atoms with van der Waals surface area (Å²) in [7, 11) is 0. The number of amides is 3. The van der Waals surface area contributed by atoms with E-state index in [1.54, 1.807) is 15.9 Å². The van der Waals surface area contributed by atoms with Gasteiger partial charge in [0.1, 0.15) is 12.7 Å². The van der Waals surface area contributed by atoms with Gasteiger partial charge in [0, 0.05) is 31.2 Å². The fourth-order valence-electron chi connectivity index (χ4n) is 4.24. The SMILES string of the molecule is C=C/C=C(\C=C/C)CC(CCN(C=O)CC(C)C)NC(=O)OC1CCOC1.CC.O=C1OCCN1c1ccccc1. The van der Waals surface area contributed by atoms with Crippen molar-refractivity contribution in [1.29, 1.82) is 0 Å². The summed E-state index contributed by atoms with van der Waals surface area (Å²) in [6.45, 7) is 17.3. The van der Waals surface area contributed by atoms with Crippen molar-refractivity contribution < 1.29 is 28.6 Å². The average Bonchev–Trinajstić information content (AvgIpc) is 3.64. The molecule has 2 aliphatic rings. The van der Waals surface area contributed by atoms with E-state index < -0.39 is 6.09 Å². The molecule has 2 unspecified atom stereocenters. The first-order valence-electron chi connectivity index (χ1n) is 14.5. The number of para-hydroxylation sites is 1. The van der Waals surface area contributed by atoms with Crippen LogP contribution in [0.25, 0.3) is 0 Å². The third kappa shape index (κ3) is 14.6. The van der Waals surface area contributed by atoms with Crippen LogP contribution in [0.3, 0.4) is 0 Å². The zero-order valence-corrected chi connectivity index (χ0v) is 25.4. The van der Waals surface area contributed by atoms with Crippen molar-refractivity contribution in [1.82, 2.24) is 10.2 Å². The Morgan fingerprint density at radius 2 is 1.98 bits per heavy atom. The second-order valence-electron chi connectivity index (χ2n) is 9.80. The molecule has 0 spiro atoms. The maximum atomic E-state index is 12.3. The minimum absolute atomic E-state index is 0.142. The van der Waals surface area contributed by atoms with Gasteiger partial charge < -0.3 is 24.4 Å². The van der Waals surface area contributed by atoms with Crippen molar-refractivity contribution in [2.24, 2.45) is 5.92 Å². The van der Waals surface area contributed by atoms with E-state index >= 15 is 0 Å². The lowest BCUT2D eigenvalue weighted by Gasteiger charge is -2.25. The summed E-state index contributed by atoms with van der Waals surface area (Å²) in [6.07, 6.45) is 9.63. The molecule has 228 valence electrons. The molecule has 1 aromatic rings. The van der Waals surface area contributed by atoms with Crippen LogP contribution in [-0.2, 0) is 19.0 Å². The molecule has 2 aliphatic heterocycles. The number of hydrogen-bond acceptors (Lipinski definition) is 6. The lowest BCUT2D eigenvalue weighted by atomic mass is 10.0. The Balaban J connectivity index is 0.000000493. The third-order valence-corrected chi connectivity index (χ3v) is 6.02. The normalized spacial score (nSPS) is 17.1. The van der Waals surface area contributed by atoms with E-state index in [4.69, 9.17) is 14.2 Å². The first-order valence-corrected chi connectivity index (χ1v) is 14.5. The molecule has 9 nitrogen and oxygen atoms in total. The molecule has 0 radical (unpaired) electrons. The summed E-state index contributed by atoms with van der Waals surface area (Å²) in [5.41, 5.74) is 1.96. The van der Waals surface area contributed by atoms with Crippen LogP contribution in [0.4, 0.5) is 15.3 Å². The number of carbonyl (C=O) groups excluding carboxylic acids is 3. The van der Waals surface area contributed by atoms with Gasteiger partial charge in [-0.25, -0.2) is 9.59 Å². The van der Waals surface area contributed by atoms with Gasteiger partial charge in [0.25, 0.3) is 0 Å². The summed E-state index contributed by atoms with van der Waals surface area (Å²) in [5.74, 6) is 0.396. The Hall–Kier alpha value is -3.59. The van der Waals surface area contributed by atoms with Crippen LogP contribution in [-0.4, -0.2) is 75.1 Å². The number of carbonyl (C=O) groups is 3. The van der Waals surface area contributed by atoms with E-state index in [0.717, 1.165) is 24.1 Å². The largest absolute Gasteiger partial charge is 0.447 e. The van der Waals surface area contributed by atoms with Crippen LogP contribution >= 0.6 is 0 Å². The van der Waals surface area contributed by atoms with Gasteiger partial charge in [-0.15, -0.1) is 0 Å². The predicted octanol–water partition coefficient (Wildman–Crippen LogP) is 6.12. The molecule has 41 heavy (non-hydrogen) atoms. The second kappa shape index (κ2) is 21.2. The number of anilines is 1. The van der Waals surface area contributed by atoms with E-state index in [9.17, 15) is 14.4 Å². The maximum Gasteiger partial charge on any atom is 0.414 e. The summed E-state index contributed by atoms with van der Waals surface area (Å²) in [6, 6.07) is 9.38. The molecule has 0 saturated carbocycles. The average molecular weight is 572 g/mol. The van der Waals surface area contributed by atoms with E-state index in [2.05, 4.69) is 25.7 Å². The highest BCUT2D eigenvalue weighted by Crippen LogP contribution is 2.17. The molecule has 3 amide bonds. The van der Waals surface area contributed by atoms with Crippen LogP contribution in [0.15, 0.2) is 66.8 Å². The van der Waals surface area contributed by atoms with E-state index in [1.165, 1.54) is 0 Å². The Kier molecular flexibility index (Phi) is 18.3. The Morgan fingerprint density at radius 3 is 2.51 bits per heavy atom. The Labute approximate surface area is 246 Å². The van der Waals surface area contributed by atoms with Crippen molar-refractivity contribution in [3.8, 4) is 0 Å². The lowest BCUT2D eigenvalue weighted by Crippen LogP contribution is -2.40. The van der Waals surface area contributed by atoms with Crippen LogP contribution in [0.5, 0.6) is 0 Å². The highest BCUT2D eigenvalue weighted by atomic mass is 16.6. The van der Waals surface area contributed by atoms with E-state index in [-0.39, 0.29) is 18.2 Å². The van der Waals surface area contributed by atoms with Gasteiger partial charge in [0.2, 0.25) is 6.41 Å². The molecule has 0 aliphatic carbocycles. The summed E-state index contributed by atoms with van der Waals surface area (Å²) in [5, 5.41) is 2.96. The molecule has 0 bridgehead atoms. The molecule has 2 saturated heterocycles. The fraction of sp³-hybridized carbons (Fsp3) is 0.531. The number of nitrogens with one attached hydrogen (secondary N) is 1. The predicted molar refractivity (Wildman–Crippen MR) is 164 cm³/mol. The number of allylic oxidation sites excluding steroid dienone is 4. The number of nitrogens with zero attached hydrogens (tertiary/aromatic N) is 2. The number of hydrogen-bond donors (Lipinski definition) is 1. The van der Waals surface area contributed by atoms with Crippen molar-refractivity contribution in [3.05, 3.63) is 66.8 Å². The van der Waals surface area contributed by atoms with E-state index in [0.29, 0.717) is 58.2 Å². The molecule has 0 aromatic heterocycles. The van der Waals surface area contributed by atoms with Crippen LogP contribution in [0, 0.1) is 5.92 Å². The molecule has 9 heteroatoms. The molecular formula is C32H49N3O6. The number of cyclic esters (lactones) is 1. The minimum atomic E-state index is -0.435. The van der Waals surface area contributed by atoms with Gasteiger partial charge in [-0.3, -0.25) is 9.69 Å². The quantitative estimate of drug-likeness (QED) is 0.226. The Morgan fingerprint density at radius 1 is 1.24 bits per heavy atom. The standard InChI is InChI=1S/C21H34N2O4.C9H9NO2.C2H6/c1-5-7-18(8-6-2)13-19(9-11-23(16-24)14-17(3)4)22-21(25)27-20-10-12-26-15-20;11-9-10(6-7-12-9)8-4-2-1-3-5-8;1-2/h5-8,16-17,19-20H,1,9-15H2,2-4H3,(H,22,25);1-5H,6-7H2;1-2H3/b8-6-,18-7+;;. The third-order valence-electron chi connectivity index (χ3n) is 6.02. The minimum Gasteiger partial charge on any atom is -0.447 e. The number of alkyl carbamates (subject to hydrolysis) is 1. The topological polar surface area (TPSA) is 97.4 Å². The smallest absolute Gasteiger partial charge is 0.414 e. The highest BCUT2D eigenvalue weighted by Gasteiger charge is 2.23. The monoisotopic (exact) mass is 571 g/mol. The van der Waals surface area contributed by atoms with Crippen molar-refractivity contribution in [2.75, 3.05) is 44.4 Å². The van der Waals surface area contributed by atoms with Gasteiger partial charge in [0.15, 0.2) is 0 Å². The van der Waals surface area contributed by atoms with Gasteiger partial charge in [0.05, 0.1) is 19.8 Å². The lowest BCUT2D eigenvalue weighted by molar-refractivity contribution is -0.118. The maximum absolute atomic E-state index is 12.3. The Bertz CT molecular complexity index is 957. The van der Waals surface area contributed by atoms with Crippen LogP contribution in [0.2, 0.25) is 0 Å². The zero-order chi connectivity index (χ0) is 30.5. The number of ether oxygens (including phenoxy) is 3. The first kappa shape index (κ1) is 35.4. The summed E-state index contributed by atoms with van der Waals surface area (Å²) in [4.78, 5) is 38.0. The van der Waals surface area contributed by atoms with Gasteiger partial charge in [-0.1, -0.05) is 76.8 Å². The van der Waals surface area contributed by atoms with Crippen molar-refractivity contribution in [2.45, 2.75) is 66.0 Å². The van der Waals surface area contributed by atoms with Crippen molar-refractivity contribution >= 4 is 24.3 Å². The van der Waals surface area contributed by atoms with Gasteiger partial charge >= 0.3 is 12.2 Å². The van der Waals surface area contributed by atoms with Crippen LogP contribution in [0.1, 0.15) is 53.9 Å². The molecule has 1 N–H and O–H groups in total. The summed E-state index contributed by atoms with van der Waals surface area (Å²) >= 11 is 0. The summed E-state index contributed by atoms with van der Waals surface area (Å²) < 4.78 is 15.5. The van der Waals surface area contributed by atoms with Gasteiger partial charge in [-0.2, -0.15) is 0 Å². The molecule has 2 fully saturated rings. The first-order chi connectivity index (χ1) is 19.9. The molecule has 2 heterocycles. The molecule has 1 aromatic carbocycles. The number of rotatable bonds is 13. The van der Waals surface area contributed by atoms with E-state index in [1.807, 2.05) is 69.3 Å². The molecule has 3 rings (SSSR count). The fourth-order valence-corrected chi connectivity index (χ4v) is 4.24. The van der Waals surface area contributed by atoms with Gasteiger partial charge in [-0.05, 0) is 43.4 Å². The molecule has 2 atom stereocenters. The highest BCUT2D eigenvalue weighted by molar-refractivity contribution is 5.89. The molecular weight excluding hydrogens is 522 g/mol. The number of benzene rings is 1. The zero-order valence-electron chi connectivity index (χ0n) is 25.4. The van der Waals surface area contributed by atoms with Crippen LogP contribution < -0.4 is 10.2 Å². The van der Waals surface area contributed by atoms with Crippen molar-refractivity contribution in [3.63, 3.8) is 0 Å².